The highest BCUT2D eigenvalue weighted by Crippen LogP contribution is 2.17. The molecule has 1 rings (SSSR count). The zero-order chi connectivity index (χ0) is 17.1. The van der Waals surface area contributed by atoms with Gasteiger partial charge < -0.3 is 20.5 Å². The number of aliphatic hydroxyl groups excluding tert-OH is 1. The number of nitrogens with zero attached hydrogens (tertiary/aromatic N) is 2. The van der Waals surface area contributed by atoms with Gasteiger partial charge in [0.1, 0.15) is 11.6 Å². The number of amides is 3. The van der Waals surface area contributed by atoms with Crippen LogP contribution in [0.4, 0.5) is 4.79 Å². The van der Waals surface area contributed by atoms with Crippen LogP contribution in [-0.4, -0.2) is 63.8 Å². The smallest absolute Gasteiger partial charge is 0.411 e. The van der Waals surface area contributed by atoms with Gasteiger partial charge in [0.2, 0.25) is 11.8 Å². The monoisotopic (exact) mass is 315 g/mol. The van der Waals surface area contributed by atoms with Crippen molar-refractivity contribution in [3.63, 3.8) is 0 Å². The highest BCUT2D eigenvalue weighted by atomic mass is 16.6. The first-order chi connectivity index (χ1) is 10.0. The Morgan fingerprint density at radius 2 is 1.95 bits per heavy atom. The molecule has 1 saturated heterocycles. The van der Waals surface area contributed by atoms with Crippen LogP contribution in [0.3, 0.4) is 0 Å². The minimum Gasteiger partial charge on any atom is -0.444 e. The summed E-state index contributed by atoms with van der Waals surface area (Å²) in [6, 6.07) is -1.17. The zero-order valence-electron chi connectivity index (χ0n) is 13.5. The van der Waals surface area contributed by atoms with Gasteiger partial charge in [0.25, 0.3) is 0 Å². The van der Waals surface area contributed by atoms with Gasteiger partial charge in [-0.25, -0.2) is 4.79 Å². The molecule has 8 nitrogen and oxygen atoms in total. The number of rotatable bonds is 3. The molecule has 8 heteroatoms. The van der Waals surface area contributed by atoms with Crippen LogP contribution in [0, 0.1) is 0 Å². The minimum atomic E-state index is -1.17. The Labute approximate surface area is 130 Å². The van der Waals surface area contributed by atoms with Crippen molar-refractivity contribution >= 4 is 17.9 Å². The number of hydrogen-bond donors (Lipinski definition) is 2. The van der Waals surface area contributed by atoms with Crippen molar-refractivity contribution in [3.05, 3.63) is 0 Å². The molecule has 0 aromatic rings. The number of aliphatic hydroxyl groups is 1. The molecule has 22 heavy (non-hydrogen) atoms. The van der Waals surface area contributed by atoms with E-state index in [4.69, 9.17) is 10.5 Å². The number of primary amides is 1. The Hall–Kier alpha value is -1.83. The van der Waals surface area contributed by atoms with Gasteiger partial charge in [-0.2, -0.15) is 0 Å². The summed E-state index contributed by atoms with van der Waals surface area (Å²) < 4.78 is 5.29. The molecule has 1 fully saturated rings. The molecule has 0 aromatic heterocycles. The summed E-state index contributed by atoms with van der Waals surface area (Å²) in [4.78, 5) is 38.3. The van der Waals surface area contributed by atoms with Crippen molar-refractivity contribution in [2.75, 3.05) is 13.2 Å². The van der Waals surface area contributed by atoms with E-state index in [0.29, 0.717) is 13.0 Å². The van der Waals surface area contributed by atoms with Crippen LogP contribution in [0.15, 0.2) is 0 Å². The number of nitrogens with two attached hydrogens (primary N) is 1. The molecule has 2 atom stereocenters. The fourth-order valence-electron chi connectivity index (χ4n) is 2.27. The van der Waals surface area contributed by atoms with E-state index >= 15 is 0 Å². The second-order valence-corrected chi connectivity index (χ2v) is 6.44. The van der Waals surface area contributed by atoms with Gasteiger partial charge in [-0.1, -0.05) is 0 Å². The summed E-state index contributed by atoms with van der Waals surface area (Å²) >= 11 is 0. The fraction of sp³-hybridized carbons (Fsp3) is 0.786. The van der Waals surface area contributed by atoms with Crippen LogP contribution in [0.25, 0.3) is 0 Å². The Morgan fingerprint density at radius 3 is 2.41 bits per heavy atom. The molecule has 1 heterocycles. The highest BCUT2D eigenvalue weighted by Gasteiger charge is 2.36. The van der Waals surface area contributed by atoms with Crippen molar-refractivity contribution in [1.29, 1.82) is 0 Å². The predicted molar refractivity (Wildman–Crippen MR) is 78.6 cm³/mol. The Kier molecular flexibility index (Phi) is 5.76. The van der Waals surface area contributed by atoms with Crippen LogP contribution < -0.4 is 5.73 Å². The summed E-state index contributed by atoms with van der Waals surface area (Å²) in [5.74, 6) is -1.13. The molecular formula is C14H25N3O5. The summed E-state index contributed by atoms with van der Waals surface area (Å²) in [6.07, 6.45) is -1.06. The van der Waals surface area contributed by atoms with Crippen LogP contribution >= 0.6 is 0 Å². The molecule has 0 aromatic carbocycles. The average molecular weight is 315 g/mol. The molecule has 0 bridgehead atoms. The van der Waals surface area contributed by atoms with Crippen molar-refractivity contribution in [2.45, 2.75) is 58.3 Å². The molecule has 0 spiro atoms. The van der Waals surface area contributed by atoms with Gasteiger partial charge in [0.05, 0.1) is 12.8 Å². The van der Waals surface area contributed by atoms with Crippen LogP contribution in [0.1, 0.15) is 40.5 Å². The van der Waals surface area contributed by atoms with Gasteiger partial charge in [-0.3, -0.25) is 14.5 Å². The predicted octanol–water partition coefficient (Wildman–Crippen LogP) is 0.0381. The van der Waals surface area contributed by atoms with E-state index in [1.807, 2.05) is 0 Å². The normalized spacial score (nSPS) is 19.4. The average Bonchev–Trinajstić information content (AvgIpc) is 2.49. The van der Waals surface area contributed by atoms with Crippen molar-refractivity contribution < 1.29 is 24.2 Å². The molecule has 0 aliphatic carbocycles. The number of carbonyl (C=O) groups excluding carboxylic acids is 3. The summed E-state index contributed by atoms with van der Waals surface area (Å²) in [6.45, 7) is 6.81. The Balaban J connectivity index is 2.95. The second kappa shape index (κ2) is 6.95. The summed E-state index contributed by atoms with van der Waals surface area (Å²) in [7, 11) is 0. The Bertz CT molecular complexity index is 444. The molecular weight excluding hydrogens is 290 g/mol. The molecule has 1 aliphatic heterocycles. The molecule has 3 N–H and O–H groups in total. The maximum absolute atomic E-state index is 12.2. The third-order valence-corrected chi connectivity index (χ3v) is 3.20. The number of hydrogen-bond acceptors (Lipinski definition) is 5. The second-order valence-electron chi connectivity index (χ2n) is 6.44. The highest BCUT2D eigenvalue weighted by molar-refractivity contribution is 5.87. The standard InChI is InChI=1S/C14H25N3O5/c1-9(18)11(12(15)20)17-8-16(7-5-6-10(17)19)13(21)22-14(2,3)4/h9,11,18H,5-8H2,1-4H3,(H2,15,20). The lowest BCUT2D eigenvalue weighted by molar-refractivity contribution is -0.144. The number of carbonyl (C=O) groups is 3. The number of ether oxygens (including phenoxy) is 1. The lowest BCUT2D eigenvalue weighted by Crippen LogP contribution is -2.56. The first-order valence-corrected chi connectivity index (χ1v) is 7.27. The maximum Gasteiger partial charge on any atom is 0.411 e. The van der Waals surface area contributed by atoms with Gasteiger partial charge in [0, 0.05) is 13.0 Å². The van der Waals surface area contributed by atoms with E-state index in [0.717, 1.165) is 4.90 Å². The molecule has 126 valence electrons. The van der Waals surface area contributed by atoms with Crippen molar-refractivity contribution in [1.82, 2.24) is 9.80 Å². The maximum atomic E-state index is 12.2. The fourth-order valence-corrected chi connectivity index (χ4v) is 2.27. The topological polar surface area (TPSA) is 113 Å². The molecule has 1 aliphatic rings. The van der Waals surface area contributed by atoms with Gasteiger partial charge in [-0.05, 0) is 34.1 Å². The summed E-state index contributed by atoms with van der Waals surface area (Å²) in [5.41, 5.74) is 4.62. The first-order valence-electron chi connectivity index (χ1n) is 7.27. The molecule has 2 unspecified atom stereocenters. The van der Waals surface area contributed by atoms with E-state index in [1.54, 1.807) is 20.8 Å². The van der Waals surface area contributed by atoms with Crippen molar-refractivity contribution in [3.8, 4) is 0 Å². The molecule has 0 saturated carbocycles. The lowest BCUT2D eigenvalue weighted by atomic mass is 10.1. The van der Waals surface area contributed by atoms with Gasteiger partial charge in [0.15, 0.2) is 0 Å². The van der Waals surface area contributed by atoms with E-state index in [-0.39, 0.29) is 19.0 Å². The van der Waals surface area contributed by atoms with E-state index in [2.05, 4.69) is 0 Å². The third-order valence-electron chi connectivity index (χ3n) is 3.20. The lowest BCUT2D eigenvalue weighted by Gasteiger charge is -2.34. The van der Waals surface area contributed by atoms with Crippen LogP contribution in [0.2, 0.25) is 0 Å². The summed E-state index contributed by atoms with van der Waals surface area (Å²) in [5, 5.41) is 9.73. The van der Waals surface area contributed by atoms with Crippen molar-refractivity contribution in [2.24, 2.45) is 5.73 Å². The minimum absolute atomic E-state index is 0.133. The Morgan fingerprint density at radius 1 is 1.36 bits per heavy atom. The zero-order valence-corrected chi connectivity index (χ0v) is 13.5. The largest absolute Gasteiger partial charge is 0.444 e. The van der Waals surface area contributed by atoms with E-state index in [1.165, 1.54) is 11.8 Å². The van der Waals surface area contributed by atoms with Gasteiger partial charge >= 0.3 is 6.09 Å². The first kappa shape index (κ1) is 18.2. The van der Waals surface area contributed by atoms with E-state index < -0.39 is 29.7 Å². The van der Waals surface area contributed by atoms with Crippen LogP contribution in [-0.2, 0) is 14.3 Å². The quantitative estimate of drug-likeness (QED) is 0.763. The SMILES string of the molecule is CC(O)C(C(N)=O)N1CN(C(=O)OC(C)(C)C)CCCC1=O. The van der Waals surface area contributed by atoms with E-state index in [9.17, 15) is 19.5 Å². The molecule has 0 radical (unpaired) electrons. The van der Waals surface area contributed by atoms with Gasteiger partial charge in [-0.15, -0.1) is 0 Å². The van der Waals surface area contributed by atoms with Crippen LogP contribution in [0.5, 0.6) is 0 Å². The third kappa shape index (κ3) is 4.87. The molecule has 3 amide bonds.